The first kappa shape index (κ1) is 68.5. The van der Waals surface area contributed by atoms with Gasteiger partial charge >= 0.3 is 11.9 Å². The maximum atomic E-state index is 15.0. The fraction of sp³-hybridized carbons (Fsp3) is 0.516. The number of carbonyl (C=O) groups excluding carboxylic acids is 11. The van der Waals surface area contributed by atoms with E-state index >= 15 is 0 Å². The number of carbonyl (C=O) groups is 11. The lowest BCUT2D eigenvalue weighted by Gasteiger charge is -2.35. The van der Waals surface area contributed by atoms with Gasteiger partial charge in [-0.3, -0.25) is 43.2 Å². The van der Waals surface area contributed by atoms with Crippen LogP contribution in [0.15, 0.2) is 91.0 Å². The largest absolute Gasteiger partial charge is 0.461 e. The highest BCUT2D eigenvalue weighted by atomic mass is 16.5. The maximum Gasteiger partial charge on any atom is 0.330 e. The molecule has 2 bridgehead atoms. The number of likely N-dealkylation sites (N-methyl/N-ethyl adjacent to an activating group) is 2. The van der Waals surface area contributed by atoms with Gasteiger partial charge in [-0.1, -0.05) is 87.9 Å². The lowest BCUT2D eigenvalue weighted by atomic mass is 9.87. The lowest BCUT2D eigenvalue weighted by Crippen LogP contribution is -2.56. The van der Waals surface area contributed by atoms with Crippen LogP contribution in [0.2, 0.25) is 0 Å². The zero-order valence-corrected chi connectivity index (χ0v) is 50.7. The zero-order valence-electron chi connectivity index (χ0n) is 50.7. The van der Waals surface area contributed by atoms with Crippen molar-refractivity contribution in [2.24, 2.45) is 11.3 Å². The van der Waals surface area contributed by atoms with E-state index in [4.69, 9.17) is 9.47 Å². The van der Waals surface area contributed by atoms with Gasteiger partial charge in [-0.15, -0.1) is 0 Å². The number of hydrogen-bond acceptors (Lipinski definition) is 14. The average Bonchev–Trinajstić information content (AvgIpc) is 2.77. The molecule has 3 aromatic carbocycles. The highest BCUT2D eigenvalue weighted by Crippen LogP contribution is 2.26. The number of rotatable bonds is 10. The van der Waals surface area contributed by atoms with Crippen molar-refractivity contribution in [2.75, 3.05) is 65.3 Å². The van der Waals surface area contributed by atoms with Crippen LogP contribution in [0.3, 0.4) is 0 Å². The van der Waals surface area contributed by atoms with Crippen LogP contribution in [0, 0.1) is 11.3 Å². The van der Waals surface area contributed by atoms with Crippen molar-refractivity contribution in [3.8, 4) is 0 Å². The molecule has 1 fully saturated rings. The Kier molecular flexibility index (Phi) is 27.1. The Morgan fingerprint density at radius 2 is 1.51 bits per heavy atom. The van der Waals surface area contributed by atoms with E-state index in [0.29, 0.717) is 80.3 Å². The normalized spacial score (nSPS) is 21.5. The molecule has 5 N–H and O–H groups in total. The van der Waals surface area contributed by atoms with E-state index in [1.54, 1.807) is 84.8 Å². The number of anilines is 1. The number of amides is 8. The van der Waals surface area contributed by atoms with Crippen LogP contribution >= 0.6 is 0 Å². The Morgan fingerprint density at radius 1 is 0.802 bits per heavy atom. The van der Waals surface area contributed by atoms with Crippen LogP contribution in [-0.4, -0.2) is 168 Å². The number of hydrogen-bond donors (Lipinski definition) is 5. The number of aliphatic hydroxyl groups excluding tert-OH is 1. The van der Waals surface area contributed by atoms with E-state index in [1.807, 2.05) is 20.8 Å². The summed E-state index contributed by atoms with van der Waals surface area (Å²) in [6.07, 6.45) is 6.74. The van der Waals surface area contributed by atoms with Crippen molar-refractivity contribution in [3.05, 3.63) is 113 Å². The summed E-state index contributed by atoms with van der Waals surface area (Å²) in [5, 5.41) is 20.2. The first-order chi connectivity index (χ1) is 41.0. The van der Waals surface area contributed by atoms with Crippen molar-refractivity contribution >= 4 is 70.7 Å². The summed E-state index contributed by atoms with van der Waals surface area (Å²) in [5.41, 5.74) is 0.566. The van der Waals surface area contributed by atoms with Gasteiger partial charge in [-0.2, -0.15) is 0 Å². The minimum atomic E-state index is -1.42. The second-order valence-electron chi connectivity index (χ2n) is 23.0. The van der Waals surface area contributed by atoms with E-state index in [1.165, 1.54) is 53.8 Å². The maximum absolute atomic E-state index is 15.0. The second kappa shape index (κ2) is 34.0. The molecule has 22 heteroatoms. The fourth-order valence-electron chi connectivity index (χ4n) is 9.99. The minimum absolute atomic E-state index is 0.00751. The Morgan fingerprint density at radius 3 is 2.21 bits per heavy atom. The molecule has 0 saturated carbocycles. The first-order valence-corrected chi connectivity index (χ1v) is 29.7. The molecule has 2 aliphatic rings. The van der Waals surface area contributed by atoms with Crippen LogP contribution in [-0.2, 0) is 70.4 Å². The van der Waals surface area contributed by atoms with E-state index in [0.717, 1.165) is 0 Å². The van der Waals surface area contributed by atoms with Gasteiger partial charge in [0.1, 0.15) is 37.4 Å². The summed E-state index contributed by atoms with van der Waals surface area (Å²) in [6, 6.07) is 16.5. The van der Waals surface area contributed by atoms with Crippen LogP contribution in [0.4, 0.5) is 5.69 Å². The third-order valence-electron chi connectivity index (χ3n) is 14.9. The van der Waals surface area contributed by atoms with Gasteiger partial charge < -0.3 is 55.4 Å². The van der Waals surface area contributed by atoms with Gasteiger partial charge in [0.25, 0.3) is 11.8 Å². The second-order valence-corrected chi connectivity index (χ2v) is 23.0. The molecular formula is C64H86N8O14. The number of fused-ring (bicyclic) bond motifs is 3. The standard InChI is InChI=1S/C64H86N8O14/c1-8-33-71-40-54(76)70(7)51(37-43(2)3)61(82)69(6)34-17-11-9-10-15-25-55(77)86-42-64(4,5)57(78)62(83)72-35-18-16-24-50(72)63(84)85-41-45-20-19-23-48(38-45)66-52(74)30-31-53(75)68-56(46-21-13-12-14-22-46)59(80)67-49(60(71)81)39-44-26-28-47(29-27-44)58(79)65-32-36-73/h12-15,19-23,25-29,38,43,49-51,56,73H,8-11,16-18,24,30-37,39-42H2,1-7H3,(H,65,79)(H,66,74)(H,67,80)(H,68,75)/t49-,50-,51-,56-/m0/s1. The molecule has 2 aliphatic heterocycles. The lowest BCUT2D eigenvalue weighted by molar-refractivity contribution is -0.162. The molecule has 5 rings (SSSR count). The van der Waals surface area contributed by atoms with Crippen molar-refractivity contribution in [1.29, 1.82) is 0 Å². The number of cyclic esters (lactones) is 2. The molecule has 0 aliphatic carbocycles. The number of piperidine rings is 1. The third-order valence-corrected chi connectivity index (χ3v) is 14.9. The van der Waals surface area contributed by atoms with Crippen LogP contribution in [0.1, 0.15) is 138 Å². The van der Waals surface area contributed by atoms with Crippen molar-refractivity contribution in [1.82, 2.24) is 35.6 Å². The first-order valence-electron chi connectivity index (χ1n) is 29.7. The Balaban J connectivity index is 1.43. The molecule has 0 spiro atoms. The number of ether oxygens (including phenoxy) is 2. The van der Waals surface area contributed by atoms with E-state index in [-0.39, 0.29) is 82.5 Å². The van der Waals surface area contributed by atoms with Crippen molar-refractivity contribution in [2.45, 2.75) is 142 Å². The summed E-state index contributed by atoms with van der Waals surface area (Å²) in [7, 11) is 3.19. The molecule has 86 heavy (non-hydrogen) atoms. The molecular weight excluding hydrogens is 1100 g/mol. The molecule has 0 aromatic heterocycles. The molecule has 2 heterocycles. The number of aliphatic hydroxyl groups is 1. The smallest absolute Gasteiger partial charge is 0.330 e. The summed E-state index contributed by atoms with van der Waals surface area (Å²) in [5.74, 6) is -7.03. The summed E-state index contributed by atoms with van der Waals surface area (Å²) in [6.45, 7) is 7.98. The molecule has 1 saturated heterocycles. The van der Waals surface area contributed by atoms with Gasteiger partial charge in [0, 0.05) is 76.9 Å². The zero-order chi connectivity index (χ0) is 62.9. The van der Waals surface area contributed by atoms with Crippen molar-refractivity contribution < 1.29 is 67.3 Å². The number of Topliss-reactive ketones (excluding diaryl/α,β-unsaturated/α-hetero) is 1. The van der Waals surface area contributed by atoms with Gasteiger partial charge in [-0.05, 0) is 112 Å². The quantitative estimate of drug-likeness (QED) is 0.132. The molecule has 466 valence electrons. The number of benzene rings is 3. The van der Waals surface area contributed by atoms with Crippen LogP contribution < -0.4 is 21.3 Å². The molecule has 0 radical (unpaired) electrons. The van der Waals surface area contributed by atoms with E-state index in [9.17, 15) is 57.8 Å². The van der Waals surface area contributed by atoms with E-state index in [2.05, 4.69) is 21.3 Å². The monoisotopic (exact) mass is 1190 g/mol. The number of ketones is 1. The summed E-state index contributed by atoms with van der Waals surface area (Å²) < 4.78 is 11.1. The van der Waals surface area contributed by atoms with Gasteiger partial charge in [0.05, 0.1) is 18.6 Å². The van der Waals surface area contributed by atoms with Gasteiger partial charge in [-0.25, -0.2) is 9.59 Å². The number of esters is 2. The molecule has 3 aromatic rings. The molecule has 22 nitrogen and oxygen atoms in total. The van der Waals surface area contributed by atoms with Crippen LogP contribution in [0.25, 0.3) is 0 Å². The topological polar surface area (TPSA) is 288 Å². The molecule has 8 amide bonds. The van der Waals surface area contributed by atoms with E-state index < -0.39 is 95.2 Å². The predicted octanol–water partition coefficient (Wildman–Crippen LogP) is 4.98. The number of nitrogens with zero attached hydrogens (tertiary/aromatic N) is 4. The number of nitrogens with one attached hydrogen (secondary N) is 4. The predicted molar refractivity (Wildman–Crippen MR) is 320 cm³/mol. The Hall–Kier alpha value is -8.27. The molecule has 4 atom stereocenters. The number of allylic oxidation sites excluding steroid dienone is 1. The third kappa shape index (κ3) is 21.1. The highest BCUT2D eigenvalue weighted by Gasteiger charge is 2.42. The van der Waals surface area contributed by atoms with Crippen molar-refractivity contribution in [3.63, 3.8) is 0 Å². The Bertz CT molecular complexity index is 2880. The van der Waals surface area contributed by atoms with Gasteiger partial charge in [0.2, 0.25) is 41.2 Å². The van der Waals surface area contributed by atoms with Gasteiger partial charge in [0.15, 0.2) is 0 Å². The van der Waals surface area contributed by atoms with Crippen LogP contribution in [0.5, 0.6) is 0 Å². The Labute approximate surface area is 504 Å². The molecule has 0 unspecified atom stereocenters. The summed E-state index contributed by atoms with van der Waals surface area (Å²) in [4.78, 5) is 157. The highest BCUT2D eigenvalue weighted by molar-refractivity contribution is 6.38. The minimum Gasteiger partial charge on any atom is -0.461 e. The summed E-state index contributed by atoms with van der Waals surface area (Å²) >= 11 is 0. The SMILES string of the molecule is CCCN1CC(=O)N(C)[C@@H](CC(C)C)C(=O)N(C)CCCCCC=CC(=O)OCC(C)(C)C(=O)C(=O)N2CCCC[C@H]2C(=O)OCc2cccc(c2)NC(=O)CCC(=O)N[C@@H](c2ccccc2)C(=O)N[C@@H](Cc2ccc(C(=O)NCCO)cc2)C1=O. The fourth-order valence-corrected chi connectivity index (χ4v) is 9.99. The average molecular weight is 1190 g/mol.